The van der Waals surface area contributed by atoms with E-state index in [4.69, 9.17) is 5.73 Å². The third kappa shape index (κ3) is 8.58. The van der Waals surface area contributed by atoms with E-state index in [1.807, 2.05) is 37.3 Å². The van der Waals surface area contributed by atoms with Crippen LogP contribution in [0.5, 0.6) is 0 Å². The van der Waals surface area contributed by atoms with Crippen molar-refractivity contribution >= 4 is 36.3 Å². The van der Waals surface area contributed by atoms with Gasteiger partial charge >= 0.3 is 5.97 Å². The fourth-order valence-corrected chi connectivity index (χ4v) is 3.03. The van der Waals surface area contributed by atoms with Gasteiger partial charge in [-0.1, -0.05) is 50.6 Å². The molecule has 1 rings (SSSR count). The van der Waals surface area contributed by atoms with Crippen LogP contribution in [0.25, 0.3) is 0 Å². The normalized spacial score (nSPS) is 15.6. The van der Waals surface area contributed by atoms with Crippen molar-refractivity contribution in [3.8, 4) is 0 Å². The number of benzene rings is 1. The molecule has 0 bridgehead atoms. The topological polar surface area (TPSA) is 151 Å². The Morgan fingerprint density at radius 3 is 2.13 bits per heavy atom. The van der Waals surface area contributed by atoms with Crippen molar-refractivity contribution in [2.45, 2.75) is 57.8 Å². The number of carboxylic acids is 1. The smallest absolute Gasteiger partial charge is 0.326 e. The van der Waals surface area contributed by atoms with E-state index in [0.717, 1.165) is 5.56 Å². The summed E-state index contributed by atoms with van der Waals surface area (Å²) >= 11 is 4.10. The van der Waals surface area contributed by atoms with Crippen LogP contribution in [0.15, 0.2) is 30.3 Å². The molecule has 0 fully saturated rings. The summed E-state index contributed by atoms with van der Waals surface area (Å²) < 4.78 is 0. The molecule has 31 heavy (non-hydrogen) atoms. The van der Waals surface area contributed by atoms with Crippen molar-refractivity contribution in [2.24, 2.45) is 11.7 Å². The van der Waals surface area contributed by atoms with Crippen LogP contribution in [0.1, 0.15) is 32.8 Å². The molecule has 3 amide bonds. The van der Waals surface area contributed by atoms with Gasteiger partial charge in [-0.25, -0.2) is 4.79 Å². The number of nitrogens with two attached hydrogens (primary N) is 1. The van der Waals surface area contributed by atoms with E-state index in [1.54, 1.807) is 6.92 Å². The van der Waals surface area contributed by atoms with Gasteiger partial charge in [0, 0.05) is 5.75 Å². The first-order valence-corrected chi connectivity index (χ1v) is 10.8. The molecule has 0 aliphatic rings. The highest BCUT2D eigenvalue weighted by Crippen LogP contribution is 2.08. The lowest BCUT2D eigenvalue weighted by Crippen LogP contribution is -2.57. The second-order valence-corrected chi connectivity index (χ2v) is 7.85. The number of carbonyl (C=O) groups excluding carboxylic acids is 3. The predicted molar refractivity (Wildman–Crippen MR) is 121 cm³/mol. The molecule has 9 nitrogen and oxygen atoms in total. The number of carbonyl (C=O) groups is 4. The summed E-state index contributed by atoms with van der Waals surface area (Å²) in [6, 6.07) is 5.31. The van der Waals surface area contributed by atoms with Crippen molar-refractivity contribution in [3.05, 3.63) is 35.9 Å². The maximum Gasteiger partial charge on any atom is 0.326 e. The lowest BCUT2D eigenvalue weighted by molar-refractivity contribution is -0.143. The highest BCUT2D eigenvalue weighted by atomic mass is 32.1. The lowest BCUT2D eigenvalue weighted by atomic mass is 9.99. The van der Waals surface area contributed by atoms with Gasteiger partial charge < -0.3 is 26.8 Å². The fourth-order valence-electron chi connectivity index (χ4n) is 2.77. The summed E-state index contributed by atoms with van der Waals surface area (Å²) in [5.41, 5.74) is 6.82. The number of hydrogen-bond donors (Lipinski definition) is 6. The molecule has 10 heteroatoms. The van der Waals surface area contributed by atoms with Crippen molar-refractivity contribution in [1.82, 2.24) is 16.0 Å². The Morgan fingerprint density at radius 2 is 1.61 bits per heavy atom. The van der Waals surface area contributed by atoms with Gasteiger partial charge in [0.1, 0.15) is 18.1 Å². The Labute approximate surface area is 187 Å². The molecular formula is C21H32N4O5S. The molecule has 0 aliphatic heterocycles. The van der Waals surface area contributed by atoms with E-state index < -0.39 is 47.9 Å². The Balaban J connectivity index is 2.65. The lowest BCUT2D eigenvalue weighted by Gasteiger charge is -2.24. The third-order valence-corrected chi connectivity index (χ3v) is 5.34. The summed E-state index contributed by atoms with van der Waals surface area (Å²) in [6.07, 6.45) is 0.869. The van der Waals surface area contributed by atoms with Crippen molar-refractivity contribution in [1.29, 1.82) is 0 Å². The number of rotatable bonds is 12. The molecule has 5 atom stereocenters. The van der Waals surface area contributed by atoms with Crippen LogP contribution in [-0.4, -0.2) is 58.7 Å². The highest BCUT2D eigenvalue weighted by Gasteiger charge is 2.29. The zero-order chi connectivity index (χ0) is 23.6. The molecule has 1 aromatic rings. The van der Waals surface area contributed by atoms with Crippen molar-refractivity contribution < 1.29 is 24.3 Å². The van der Waals surface area contributed by atoms with Gasteiger partial charge in [0.05, 0.1) is 6.04 Å². The van der Waals surface area contributed by atoms with E-state index in [0.29, 0.717) is 12.8 Å². The summed E-state index contributed by atoms with van der Waals surface area (Å²) in [4.78, 5) is 48.6. The van der Waals surface area contributed by atoms with E-state index in [2.05, 4.69) is 28.6 Å². The summed E-state index contributed by atoms with van der Waals surface area (Å²) in [7, 11) is 0. The van der Waals surface area contributed by atoms with Crippen molar-refractivity contribution in [2.75, 3.05) is 5.75 Å². The molecule has 0 saturated heterocycles. The number of carboxylic acid groups (broad SMARTS) is 1. The van der Waals surface area contributed by atoms with E-state index >= 15 is 0 Å². The molecule has 0 aliphatic carbocycles. The largest absolute Gasteiger partial charge is 0.480 e. The van der Waals surface area contributed by atoms with Crippen LogP contribution in [0, 0.1) is 5.92 Å². The second kappa shape index (κ2) is 13.0. The number of nitrogens with one attached hydrogen (secondary N) is 3. The Hall–Kier alpha value is -2.59. The monoisotopic (exact) mass is 452 g/mol. The van der Waals surface area contributed by atoms with Gasteiger partial charge in [-0.3, -0.25) is 14.4 Å². The van der Waals surface area contributed by atoms with Gasteiger partial charge in [-0.15, -0.1) is 0 Å². The fraction of sp³-hybridized carbons (Fsp3) is 0.524. The van der Waals surface area contributed by atoms with E-state index in [-0.39, 0.29) is 11.7 Å². The van der Waals surface area contributed by atoms with Crippen LogP contribution >= 0.6 is 12.6 Å². The number of hydrogen-bond acceptors (Lipinski definition) is 6. The summed E-state index contributed by atoms with van der Waals surface area (Å²) in [5, 5.41) is 16.8. The van der Waals surface area contributed by atoms with Crippen LogP contribution < -0.4 is 21.7 Å². The van der Waals surface area contributed by atoms with Gasteiger partial charge in [-0.2, -0.15) is 12.6 Å². The Morgan fingerprint density at radius 1 is 1.00 bits per heavy atom. The zero-order valence-electron chi connectivity index (χ0n) is 18.0. The average molecular weight is 453 g/mol. The van der Waals surface area contributed by atoms with Gasteiger partial charge in [-0.05, 0) is 24.8 Å². The number of aliphatic carboxylic acids is 1. The first-order chi connectivity index (χ1) is 14.6. The molecule has 0 saturated carbocycles. The van der Waals surface area contributed by atoms with E-state index in [9.17, 15) is 24.3 Å². The van der Waals surface area contributed by atoms with Gasteiger partial charge in [0.2, 0.25) is 17.7 Å². The molecule has 172 valence electrons. The third-order valence-electron chi connectivity index (χ3n) is 4.98. The molecule has 0 aromatic heterocycles. The van der Waals surface area contributed by atoms with Gasteiger partial charge in [0.25, 0.3) is 0 Å². The van der Waals surface area contributed by atoms with Crippen LogP contribution in [0.3, 0.4) is 0 Å². The zero-order valence-corrected chi connectivity index (χ0v) is 18.9. The maximum absolute atomic E-state index is 12.5. The summed E-state index contributed by atoms with van der Waals surface area (Å²) in [5.74, 6) is -3.19. The minimum Gasteiger partial charge on any atom is -0.480 e. The van der Waals surface area contributed by atoms with Crippen molar-refractivity contribution in [3.63, 3.8) is 0 Å². The van der Waals surface area contributed by atoms with E-state index in [1.165, 1.54) is 6.92 Å². The SMILES string of the molecule is CCC(C)C(NC(=O)C(C)NC(=O)C(CS)NC(=O)C(N)Cc1ccccc1)C(=O)O. The van der Waals surface area contributed by atoms with Crippen LogP contribution in [0.4, 0.5) is 0 Å². The standard InChI is InChI=1S/C21H32N4O5S/c1-4-12(2)17(21(29)30)25-18(26)13(3)23-20(28)16(11-31)24-19(27)15(22)10-14-8-6-5-7-9-14/h5-9,12-13,15-17,31H,4,10-11,22H2,1-3H3,(H,23,28)(H,24,27)(H,25,26)(H,29,30). The molecule has 6 N–H and O–H groups in total. The highest BCUT2D eigenvalue weighted by molar-refractivity contribution is 7.80. The number of thiol groups is 1. The quantitative estimate of drug-likeness (QED) is 0.247. The number of amides is 3. The Bertz CT molecular complexity index is 761. The average Bonchev–Trinajstić information content (AvgIpc) is 2.74. The Kier molecular flexibility index (Phi) is 11.1. The molecule has 0 radical (unpaired) electrons. The molecule has 0 spiro atoms. The maximum atomic E-state index is 12.5. The molecular weight excluding hydrogens is 420 g/mol. The second-order valence-electron chi connectivity index (χ2n) is 7.48. The summed E-state index contributed by atoms with van der Waals surface area (Å²) in [6.45, 7) is 4.97. The molecule has 0 heterocycles. The first kappa shape index (κ1) is 26.4. The molecule has 1 aromatic carbocycles. The van der Waals surface area contributed by atoms with Crippen LogP contribution in [0.2, 0.25) is 0 Å². The minimum absolute atomic E-state index is 0.00537. The minimum atomic E-state index is -1.14. The molecule has 5 unspecified atom stereocenters. The van der Waals surface area contributed by atoms with Gasteiger partial charge in [0.15, 0.2) is 0 Å². The predicted octanol–water partition coefficient (Wildman–Crippen LogP) is 0.0912. The van der Waals surface area contributed by atoms with Crippen LogP contribution in [-0.2, 0) is 25.6 Å². The first-order valence-electron chi connectivity index (χ1n) is 10.1.